The van der Waals surface area contributed by atoms with Crippen LogP contribution >= 0.6 is 7.82 Å². The topological polar surface area (TPSA) is 284 Å². The highest BCUT2D eigenvalue weighted by Crippen LogP contribution is 2.37. The van der Waals surface area contributed by atoms with Gasteiger partial charge in [0.25, 0.3) is 0 Å². The summed E-state index contributed by atoms with van der Waals surface area (Å²) < 4.78 is 27.5. The zero-order chi connectivity index (χ0) is 38.6. The van der Waals surface area contributed by atoms with Gasteiger partial charge in [0.15, 0.2) is 0 Å². The van der Waals surface area contributed by atoms with Crippen LogP contribution in [-0.2, 0) is 50.6 Å². The van der Waals surface area contributed by atoms with Crippen molar-refractivity contribution >= 4 is 54.1 Å². The number of benzene rings is 1. The monoisotopic (exact) mass is 760 g/mol. The van der Waals surface area contributed by atoms with E-state index in [1.807, 2.05) is 13.8 Å². The smallest absolute Gasteiger partial charge is 0.404 e. The molecular weight excluding hydrogens is 711 g/mol. The number of carbonyl (C=O) groups excluding carboxylic acids is 6. The number of amides is 6. The highest BCUT2D eigenvalue weighted by molar-refractivity contribution is 7.84. The maximum Gasteiger partial charge on any atom is 0.524 e. The van der Waals surface area contributed by atoms with Crippen LogP contribution < -0.4 is 31.5 Å². The molecule has 0 saturated carbocycles. The second-order valence-electron chi connectivity index (χ2n) is 12.8. The fraction of sp³-hybridized carbons (Fsp3) is 0.613. The van der Waals surface area contributed by atoms with Crippen LogP contribution in [0, 0.1) is 5.92 Å². The molecule has 0 aromatic heterocycles. The van der Waals surface area contributed by atoms with E-state index >= 15 is 0 Å². The van der Waals surface area contributed by atoms with Gasteiger partial charge in [0, 0.05) is 42.7 Å². The first-order valence-corrected chi connectivity index (χ1v) is 19.5. The molecule has 0 bridgehead atoms. The average Bonchev–Trinajstić information content (AvgIpc) is 3.50. The molecule has 1 saturated heterocycles. The number of hydrogen-bond acceptors (Lipinski definition) is 10. The fourth-order valence-electron chi connectivity index (χ4n) is 5.49. The van der Waals surface area contributed by atoms with E-state index in [0.29, 0.717) is 12.0 Å². The van der Waals surface area contributed by atoms with E-state index in [4.69, 9.17) is 15.5 Å². The van der Waals surface area contributed by atoms with Gasteiger partial charge in [-0.3, -0.25) is 42.8 Å². The summed E-state index contributed by atoms with van der Waals surface area (Å²) in [4.78, 5) is 97.4. The minimum atomic E-state index is -4.79. The molecule has 286 valence electrons. The Morgan fingerprint density at radius 3 is 2.10 bits per heavy atom. The summed E-state index contributed by atoms with van der Waals surface area (Å²) in [7, 11) is -6.13. The third-order valence-electron chi connectivity index (χ3n) is 7.86. The Morgan fingerprint density at radius 2 is 1.59 bits per heavy atom. The van der Waals surface area contributed by atoms with E-state index in [2.05, 4.69) is 25.8 Å². The van der Waals surface area contributed by atoms with Crippen LogP contribution in [0.15, 0.2) is 24.3 Å². The number of nitrogens with two attached hydrogens (primary N) is 1. The van der Waals surface area contributed by atoms with Crippen LogP contribution in [0.3, 0.4) is 0 Å². The summed E-state index contributed by atoms with van der Waals surface area (Å²) >= 11 is 0. The number of aliphatic hydroxyl groups is 1. The molecule has 1 aliphatic heterocycles. The van der Waals surface area contributed by atoms with Crippen molar-refractivity contribution in [2.75, 3.05) is 18.6 Å². The summed E-state index contributed by atoms with van der Waals surface area (Å²) in [6.07, 6.45) is 0.805. The van der Waals surface area contributed by atoms with Gasteiger partial charge in [-0.1, -0.05) is 26.0 Å². The lowest BCUT2D eigenvalue weighted by atomic mass is 10.00. The molecule has 18 nitrogen and oxygen atoms in total. The maximum atomic E-state index is 14.0. The lowest BCUT2D eigenvalue weighted by Gasteiger charge is -2.31. The molecule has 2 unspecified atom stereocenters. The molecule has 0 radical (unpaired) electrons. The van der Waals surface area contributed by atoms with Crippen molar-refractivity contribution in [1.82, 2.24) is 26.2 Å². The molecule has 20 heteroatoms. The lowest BCUT2D eigenvalue weighted by molar-refractivity contribution is -0.143. The molecule has 1 aliphatic rings. The molecule has 9 N–H and O–H groups in total. The Bertz CT molecular complexity index is 1490. The van der Waals surface area contributed by atoms with Gasteiger partial charge in [-0.25, -0.2) is 4.57 Å². The Labute approximate surface area is 298 Å². The number of hydrogen-bond donors (Lipinski definition) is 8. The molecule has 6 amide bonds. The number of nitrogens with zero attached hydrogens (tertiary/aromatic N) is 1. The fourth-order valence-corrected chi connectivity index (χ4v) is 6.45. The summed E-state index contributed by atoms with van der Waals surface area (Å²) in [6, 6.07) is -0.508. The maximum absolute atomic E-state index is 14.0. The third kappa shape index (κ3) is 14.7. The van der Waals surface area contributed by atoms with Gasteiger partial charge in [0.1, 0.15) is 36.0 Å². The van der Waals surface area contributed by atoms with Gasteiger partial charge >= 0.3 is 7.82 Å². The van der Waals surface area contributed by atoms with Crippen LogP contribution in [0.4, 0.5) is 0 Å². The van der Waals surface area contributed by atoms with E-state index in [1.54, 1.807) is 0 Å². The Morgan fingerprint density at radius 1 is 0.980 bits per heavy atom. The number of nitrogens with one attached hydrogen (secondary N) is 4. The lowest BCUT2D eigenvalue weighted by Crippen LogP contribution is -2.60. The predicted molar refractivity (Wildman–Crippen MR) is 185 cm³/mol. The number of aliphatic hydroxyl groups excluding tert-OH is 1. The van der Waals surface area contributed by atoms with Crippen LogP contribution in [0.2, 0.25) is 0 Å². The largest absolute Gasteiger partial charge is 0.524 e. The predicted octanol–water partition coefficient (Wildman–Crippen LogP) is -1.67. The molecule has 1 fully saturated rings. The average molecular weight is 761 g/mol. The van der Waals surface area contributed by atoms with E-state index < -0.39 is 90.4 Å². The molecule has 2 rings (SSSR count). The second kappa shape index (κ2) is 19.6. The van der Waals surface area contributed by atoms with E-state index in [9.17, 15) is 42.6 Å². The van der Waals surface area contributed by atoms with E-state index in [-0.39, 0.29) is 49.6 Å². The molecule has 1 aromatic carbocycles. The number of rotatable bonds is 19. The van der Waals surface area contributed by atoms with Gasteiger partial charge < -0.3 is 41.5 Å². The minimum Gasteiger partial charge on any atom is -0.404 e. The van der Waals surface area contributed by atoms with Crippen LogP contribution in [0.25, 0.3) is 0 Å². The van der Waals surface area contributed by atoms with Crippen molar-refractivity contribution in [3.63, 3.8) is 0 Å². The van der Waals surface area contributed by atoms with E-state index in [0.717, 1.165) is 0 Å². The van der Waals surface area contributed by atoms with Crippen LogP contribution in [0.5, 0.6) is 5.75 Å². The Balaban J connectivity index is 2.26. The molecular formula is C31H49N6O12PS. The number of phosphoric ester groups is 1. The van der Waals surface area contributed by atoms with E-state index in [1.165, 1.54) is 49.3 Å². The standard InChI is InChI=1S/C31H49N6O12PS/c1-17(2)15-24(35-29(42)23(33-19(4)39)16-20-8-10-21(11-9-20)49-50(45,46)47)31(44)37-13-6-7-25(37)30(43)34-22(12-14-51(5)48)28(41)36-26(18(3)38)27(32)40/h8-11,17-18,22-26,38H,6-7,12-16H2,1-5H3,(H2,32,40)(H,33,39)(H,34,43)(H,35,42)(H,36,41)(H2,45,46,47)/t18?,22-,23-,24-,25-,26-,51?/m0/s1. The molecule has 1 aromatic rings. The molecule has 51 heavy (non-hydrogen) atoms. The van der Waals surface area contributed by atoms with Gasteiger partial charge in [0.2, 0.25) is 35.4 Å². The number of carbonyl (C=O) groups is 6. The summed E-state index contributed by atoms with van der Waals surface area (Å²) in [5.41, 5.74) is 5.79. The number of likely N-dealkylation sites (tertiary alicyclic amines) is 1. The van der Waals surface area contributed by atoms with Gasteiger partial charge in [-0.2, -0.15) is 0 Å². The first-order valence-electron chi connectivity index (χ1n) is 16.3. The van der Waals surface area contributed by atoms with Crippen molar-refractivity contribution in [2.45, 2.75) is 96.1 Å². The molecule has 1 heterocycles. The van der Waals surface area contributed by atoms with Crippen molar-refractivity contribution in [2.24, 2.45) is 11.7 Å². The summed E-state index contributed by atoms with van der Waals surface area (Å²) in [5, 5.41) is 20.0. The normalized spacial score (nSPS) is 18.1. The highest BCUT2D eigenvalue weighted by Gasteiger charge is 2.40. The Kier molecular flexibility index (Phi) is 16.7. The molecule has 7 atom stereocenters. The zero-order valence-electron chi connectivity index (χ0n) is 29.2. The van der Waals surface area contributed by atoms with Crippen molar-refractivity contribution in [1.29, 1.82) is 0 Å². The quantitative estimate of drug-likeness (QED) is 0.0736. The van der Waals surface area contributed by atoms with Gasteiger partial charge in [0.05, 0.1) is 6.10 Å². The minimum absolute atomic E-state index is 0.0187. The second-order valence-corrected chi connectivity index (χ2v) is 15.5. The first-order chi connectivity index (χ1) is 23.7. The number of primary amides is 1. The van der Waals surface area contributed by atoms with Gasteiger partial charge in [-0.15, -0.1) is 0 Å². The van der Waals surface area contributed by atoms with Crippen LogP contribution in [-0.4, -0.2) is 114 Å². The molecule has 0 spiro atoms. The molecule has 0 aliphatic carbocycles. The Hall–Kier alpha value is -3.90. The van der Waals surface area contributed by atoms with Crippen LogP contribution in [0.1, 0.15) is 58.9 Å². The summed E-state index contributed by atoms with van der Waals surface area (Å²) in [6.45, 7) is 6.30. The van der Waals surface area contributed by atoms with Crippen molar-refractivity contribution in [3.05, 3.63) is 29.8 Å². The van der Waals surface area contributed by atoms with Gasteiger partial charge in [-0.05, 0) is 56.2 Å². The summed E-state index contributed by atoms with van der Waals surface area (Å²) in [5.74, 6) is -4.49. The SMILES string of the molecule is CC(=O)N[C@@H](Cc1ccc(OP(=O)(O)O)cc1)C(=O)N[C@@H](CC(C)C)C(=O)N1CCC[C@H]1C(=O)N[C@@H](CCS(C)=O)C(=O)N[C@H](C(N)=O)C(C)O. The number of phosphoric acid groups is 1. The van der Waals surface area contributed by atoms with Crippen molar-refractivity contribution in [3.8, 4) is 5.75 Å². The first kappa shape index (κ1) is 43.3. The highest BCUT2D eigenvalue weighted by atomic mass is 32.2. The van der Waals surface area contributed by atoms with Crippen molar-refractivity contribution < 1.29 is 57.0 Å². The zero-order valence-corrected chi connectivity index (χ0v) is 30.9. The third-order valence-corrected chi connectivity index (χ3v) is 9.11.